The lowest BCUT2D eigenvalue weighted by atomic mass is 10.2. The van der Waals surface area contributed by atoms with Gasteiger partial charge in [0.15, 0.2) is 0 Å². The van der Waals surface area contributed by atoms with Crippen molar-refractivity contribution in [2.45, 2.75) is 33.8 Å². The zero-order valence-corrected chi connectivity index (χ0v) is 9.33. The van der Waals surface area contributed by atoms with E-state index in [0.29, 0.717) is 13.2 Å². The van der Waals surface area contributed by atoms with Crippen molar-refractivity contribution in [1.82, 2.24) is 4.90 Å². The molecule has 0 heterocycles. The minimum Gasteiger partial charge on any atom is -0.377 e. The molecule has 0 unspecified atom stereocenters. The Morgan fingerprint density at radius 3 is 2.23 bits per heavy atom. The molecule has 0 atom stereocenters. The summed E-state index contributed by atoms with van der Waals surface area (Å²) in [7, 11) is 1.81. The van der Waals surface area contributed by atoms with Crippen LogP contribution in [0.15, 0.2) is 0 Å². The first-order chi connectivity index (χ1) is 5.95. The second kappa shape index (κ2) is 5.97. The monoisotopic (exact) mass is 187 g/mol. The molecule has 0 aliphatic carbocycles. The van der Waals surface area contributed by atoms with Gasteiger partial charge in [-0.2, -0.15) is 0 Å². The Bertz CT molecular complexity index is 155. The van der Waals surface area contributed by atoms with Crippen LogP contribution in [0.1, 0.15) is 27.7 Å². The van der Waals surface area contributed by atoms with E-state index in [1.165, 1.54) is 0 Å². The van der Waals surface area contributed by atoms with E-state index in [0.717, 1.165) is 0 Å². The van der Waals surface area contributed by atoms with Gasteiger partial charge >= 0.3 is 0 Å². The molecular weight excluding hydrogens is 166 g/mol. The van der Waals surface area contributed by atoms with E-state index in [1.807, 2.05) is 34.7 Å². The maximum atomic E-state index is 11.4. The van der Waals surface area contributed by atoms with Crippen molar-refractivity contribution in [2.75, 3.05) is 20.2 Å². The van der Waals surface area contributed by atoms with Crippen LogP contribution in [0.3, 0.4) is 0 Å². The first-order valence-electron chi connectivity index (χ1n) is 4.81. The van der Waals surface area contributed by atoms with Gasteiger partial charge in [-0.3, -0.25) is 4.79 Å². The number of ether oxygens (including phenoxy) is 1. The zero-order valence-electron chi connectivity index (χ0n) is 9.33. The Morgan fingerprint density at radius 1 is 1.31 bits per heavy atom. The molecule has 0 aromatic heterocycles. The molecule has 0 saturated heterocycles. The van der Waals surface area contributed by atoms with Crippen LogP contribution in [0.4, 0.5) is 0 Å². The molecule has 3 heteroatoms. The Labute approximate surface area is 81.1 Å². The summed E-state index contributed by atoms with van der Waals surface area (Å²) in [5.41, 5.74) is 0. The van der Waals surface area contributed by atoms with Gasteiger partial charge in [-0.05, 0) is 13.8 Å². The largest absolute Gasteiger partial charge is 0.377 e. The molecule has 0 aliphatic rings. The van der Waals surface area contributed by atoms with Gasteiger partial charge in [-0.15, -0.1) is 0 Å². The average molecular weight is 187 g/mol. The molecule has 0 aliphatic heterocycles. The number of hydrogen-bond acceptors (Lipinski definition) is 2. The van der Waals surface area contributed by atoms with Crippen LogP contribution in [-0.4, -0.2) is 37.1 Å². The summed E-state index contributed by atoms with van der Waals surface area (Å²) in [6.07, 6.45) is 0.238. The number of amides is 1. The summed E-state index contributed by atoms with van der Waals surface area (Å²) in [5, 5.41) is 0. The standard InChI is InChI=1S/C10H21NO2/c1-8(2)10(12)11(5)6-7-13-9(3)4/h8-9H,6-7H2,1-5H3. The molecule has 0 saturated carbocycles. The number of nitrogens with zero attached hydrogens (tertiary/aromatic N) is 1. The molecule has 0 bridgehead atoms. The van der Waals surface area contributed by atoms with Crippen molar-refractivity contribution in [1.29, 1.82) is 0 Å². The van der Waals surface area contributed by atoms with Crippen molar-refractivity contribution in [3.63, 3.8) is 0 Å². The topological polar surface area (TPSA) is 29.5 Å². The van der Waals surface area contributed by atoms with Crippen LogP contribution < -0.4 is 0 Å². The van der Waals surface area contributed by atoms with E-state index < -0.39 is 0 Å². The maximum Gasteiger partial charge on any atom is 0.224 e. The summed E-state index contributed by atoms with van der Waals surface area (Å²) < 4.78 is 5.35. The first kappa shape index (κ1) is 12.4. The molecular formula is C10H21NO2. The third-order valence-electron chi connectivity index (χ3n) is 1.75. The molecule has 78 valence electrons. The Kier molecular flexibility index (Phi) is 5.71. The van der Waals surface area contributed by atoms with Crippen molar-refractivity contribution < 1.29 is 9.53 Å². The first-order valence-corrected chi connectivity index (χ1v) is 4.81. The van der Waals surface area contributed by atoms with Gasteiger partial charge in [0.2, 0.25) is 5.91 Å². The van der Waals surface area contributed by atoms with Gasteiger partial charge in [0.25, 0.3) is 0 Å². The van der Waals surface area contributed by atoms with Crippen LogP contribution in [-0.2, 0) is 9.53 Å². The normalized spacial score (nSPS) is 11.0. The van der Waals surface area contributed by atoms with Crippen LogP contribution in [0, 0.1) is 5.92 Å². The molecule has 13 heavy (non-hydrogen) atoms. The van der Waals surface area contributed by atoms with Gasteiger partial charge in [0.1, 0.15) is 0 Å². The zero-order chi connectivity index (χ0) is 10.4. The van der Waals surface area contributed by atoms with E-state index in [-0.39, 0.29) is 17.9 Å². The summed E-state index contributed by atoms with van der Waals surface area (Å²) >= 11 is 0. The maximum absolute atomic E-state index is 11.4. The van der Waals surface area contributed by atoms with Crippen molar-refractivity contribution in [3.05, 3.63) is 0 Å². The Morgan fingerprint density at radius 2 is 1.85 bits per heavy atom. The van der Waals surface area contributed by atoms with E-state index in [4.69, 9.17) is 4.74 Å². The van der Waals surface area contributed by atoms with Gasteiger partial charge in [0.05, 0.1) is 12.7 Å². The van der Waals surface area contributed by atoms with Gasteiger partial charge in [0, 0.05) is 19.5 Å². The fraction of sp³-hybridized carbons (Fsp3) is 0.900. The molecule has 0 rings (SSSR count). The van der Waals surface area contributed by atoms with Crippen LogP contribution in [0.25, 0.3) is 0 Å². The van der Waals surface area contributed by atoms with Crippen LogP contribution in [0.5, 0.6) is 0 Å². The van der Waals surface area contributed by atoms with E-state index >= 15 is 0 Å². The smallest absolute Gasteiger partial charge is 0.224 e. The summed E-state index contributed by atoms with van der Waals surface area (Å²) in [6, 6.07) is 0. The number of hydrogen-bond donors (Lipinski definition) is 0. The minimum atomic E-state index is 0.0732. The highest BCUT2D eigenvalue weighted by Crippen LogP contribution is 1.98. The highest BCUT2D eigenvalue weighted by atomic mass is 16.5. The van der Waals surface area contributed by atoms with Gasteiger partial charge in [-0.1, -0.05) is 13.8 Å². The third kappa shape index (κ3) is 5.64. The van der Waals surface area contributed by atoms with Crippen LogP contribution >= 0.6 is 0 Å². The molecule has 1 amide bonds. The summed E-state index contributed by atoms with van der Waals surface area (Å²) in [5.74, 6) is 0.247. The fourth-order valence-corrected chi connectivity index (χ4v) is 0.976. The molecule has 0 N–H and O–H groups in total. The van der Waals surface area contributed by atoms with Gasteiger partial charge in [-0.25, -0.2) is 0 Å². The number of likely N-dealkylation sites (N-methyl/N-ethyl adjacent to an activating group) is 1. The van der Waals surface area contributed by atoms with E-state index in [9.17, 15) is 4.79 Å². The highest BCUT2D eigenvalue weighted by Gasteiger charge is 2.12. The summed E-state index contributed by atoms with van der Waals surface area (Å²) in [6.45, 7) is 9.08. The second-order valence-electron chi connectivity index (χ2n) is 3.83. The van der Waals surface area contributed by atoms with Crippen molar-refractivity contribution >= 4 is 5.91 Å². The quantitative estimate of drug-likeness (QED) is 0.653. The second-order valence-corrected chi connectivity index (χ2v) is 3.83. The predicted octanol–water partition coefficient (Wildman–Crippen LogP) is 1.53. The molecule has 3 nitrogen and oxygen atoms in total. The Balaban J connectivity index is 3.62. The lowest BCUT2D eigenvalue weighted by Crippen LogP contribution is -2.33. The average Bonchev–Trinajstić information content (AvgIpc) is 2.02. The minimum absolute atomic E-state index is 0.0732. The van der Waals surface area contributed by atoms with Crippen LogP contribution in [0.2, 0.25) is 0 Å². The molecule has 0 aromatic rings. The molecule has 0 radical (unpaired) electrons. The lowest BCUT2D eigenvalue weighted by molar-refractivity contribution is -0.134. The van der Waals surface area contributed by atoms with Crippen molar-refractivity contribution in [2.24, 2.45) is 5.92 Å². The van der Waals surface area contributed by atoms with Gasteiger partial charge < -0.3 is 9.64 Å². The lowest BCUT2D eigenvalue weighted by Gasteiger charge is -2.19. The summed E-state index contributed by atoms with van der Waals surface area (Å²) in [4.78, 5) is 13.1. The van der Waals surface area contributed by atoms with E-state index in [2.05, 4.69) is 0 Å². The molecule has 0 fully saturated rings. The predicted molar refractivity (Wildman–Crippen MR) is 53.6 cm³/mol. The molecule has 0 aromatic carbocycles. The fourth-order valence-electron chi connectivity index (χ4n) is 0.976. The number of rotatable bonds is 5. The van der Waals surface area contributed by atoms with E-state index in [1.54, 1.807) is 4.90 Å². The highest BCUT2D eigenvalue weighted by molar-refractivity contribution is 5.77. The number of carbonyl (C=O) groups excluding carboxylic acids is 1. The van der Waals surface area contributed by atoms with Crippen molar-refractivity contribution in [3.8, 4) is 0 Å². The third-order valence-corrected chi connectivity index (χ3v) is 1.75. The Hall–Kier alpha value is -0.570. The SMILES string of the molecule is CC(C)OCCN(C)C(=O)C(C)C. The molecule has 0 spiro atoms. The number of carbonyl (C=O) groups is 1.